The molecule has 1 aliphatic rings. The van der Waals surface area contributed by atoms with Crippen molar-refractivity contribution >= 4 is 10.8 Å². The van der Waals surface area contributed by atoms with E-state index in [2.05, 4.69) is 28.3 Å². The normalized spacial score (nSPS) is 16.4. The molecule has 1 atom stereocenters. The van der Waals surface area contributed by atoms with Crippen LogP contribution in [-0.2, 0) is 0 Å². The van der Waals surface area contributed by atoms with Crippen LogP contribution in [0.4, 0.5) is 0 Å². The zero-order valence-corrected chi connectivity index (χ0v) is 11.0. The highest BCUT2D eigenvalue weighted by molar-refractivity contribution is 5.94. The molecule has 2 aromatic carbocycles. The maximum Gasteiger partial charge on any atom is 0.244 e. The van der Waals surface area contributed by atoms with Gasteiger partial charge in [0.05, 0.1) is 6.04 Å². The fourth-order valence-electron chi connectivity index (χ4n) is 2.56. The average molecular weight is 265 g/mol. The molecule has 1 aliphatic carbocycles. The van der Waals surface area contributed by atoms with Gasteiger partial charge < -0.3 is 10.3 Å². The van der Waals surface area contributed by atoms with Crippen molar-refractivity contribution < 1.29 is 4.52 Å². The molecular formula is C16H15N3O. The van der Waals surface area contributed by atoms with Gasteiger partial charge in [0.1, 0.15) is 0 Å². The Kier molecular flexibility index (Phi) is 2.57. The largest absolute Gasteiger partial charge is 0.337 e. The van der Waals surface area contributed by atoms with Crippen molar-refractivity contribution in [2.75, 3.05) is 0 Å². The minimum absolute atomic E-state index is 0.119. The molecule has 1 fully saturated rings. The topological polar surface area (TPSA) is 64.9 Å². The van der Waals surface area contributed by atoms with E-state index in [4.69, 9.17) is 10.3 Å². The third-order valence-corrected chi connectivity index (χ3v) is 3.89. The molecule has 4 nitrogen and oxygen atoms in total. The Morgan fingerprint density at radius 2 is 1.90 bits per heavy atom. The van der Waals surface area contributed by atoms with Gasteiger partial charge in [-0.25, -0.2) is 0 Å². The van der Waals surface area contributed by atoms with E-state index in [-0.39, 0.29) is 6.04 Å². The second-order valence-corrected chi connectivity index (χ2v) is 5.35. The summed E-state index contributed by atoms with van der Waals surface area (Å²) in [5.41, 5.74) is 7.10. The molecule has 0 aliphatic heterocycles. The van der Waals surface area contributed by atoms with Crippen LogP contribution in [0, 0.1) is 5.92 Å². The number of aromatic nitrogens is 2. The Bertz CT molecular complexity index is 756. The molecule has 4 rings (SSSR count). The Morgan fingerprint density at radius 1 is 1.10 bits per heavy atom. The number of nitrogens with zero attached hydrogens (tertiary/aromatic N) is 2. The molecule has 1 aromatic heterocycles. The van der Waals surface area contributed by atoms with Crippen LogP contribution in [0.5, 0.6) is 0 Å². The highest BCUT2D eigenvalue weighted by Crippen LogP contribution is 2.39. The Hall–Kier alpha value is -2.20. The lowest BCUT2D eigenvalue weighted by molar-refractivity contribution is 0.343. The molecule has 20 heavy (non-hydrogen) atoms. The first-order valence-corrected chi connectivity index (χ1v) is 6.90. The summed E-state index contributed by atoms with van der Waals surface area (Å²) < 4.78 is 5.34. The summed E-state index contributed by atoms with van der Waals surface area (Å²) in [7, 11) is 0. The first-order chi connectivity index (χ1) is 9.83. The van der Waals surface area contributed by atoms with E-state index in [0.29, 0.717) is 17.6 Å². The number of nitrogens with two attached hydrogens (primary N) is 1. The first-order valence-electron chi connectivity index (χ1n) is 6.90. The predicted molar refractivity (Wildman–Crippen MR) is 76.9 cm³/mol. The third-order valence-electron chi connectivity index (χ3n) is 3.89. The van der Waals surface area contributed by atoms with Gasteiger partial charge in [-0.05, 0) is 29.5 Å². The number of hydrogen-bond donors (Lipinski definition) is 1. The molecule has 0 amide bonds. The van der Waals surface area contributed by atoms with Gasteiger partial charge >= 0.3 is 0 Å². The number of fused-ring (bicyclic) bond motifs is 1. The van der Waals surface area contributed by atoms with E-state index < -0.39 is 0 Å². The van der Waals surface area contributed by atoms with E-state index in [1.54, 1.807) is 0 Å². The summed E-state index contributed by atoms with van der Waals surface area (Å²) in [6.07, 6.45) is 2.32. The molecule has 3 aromatic rings. The van der Waals surface area contributed by atoms with Crippen molar-refractivity contribution in [3.05, 3.63) is 48.4 Å². The van der Waals surface area contributed by atoms with Crippen LogP contribution in [0.15, 0.2) is 47.0 Å². The monoisotopic (exact) mass is 265 g/mol. The second kappa shape index (κ2) is 4.42. The lowest BCUT2D eigenvalue weighted by Gasteiger charge is -2.03. The van der Waals surface area contributed by atoms with E-state index >= 15 is 0 Å². The number of rotatable bonds is 3. The van der Waals surface area contributed by atoms with Crippen LogP contribution < -0.4 is 5.73 Å². The molecule has 0 spiro atoms. The summed E-state index contributed by atoms with van der Waals surface area (Å²) in [6.45, 7) is 0. The van der Waals surface area contributed by atoms with Gasteiger partial charge in [0.15, 0.2) is 0 Å². The van der Waals surface area contributed by atoms with Crippen LogP contribution in [0.25, 0.3) is 22.2 Å². The van der Waals surface area contributed by atoms with Crippen LogP contribution in [0.1, 0.15) is 24.8 Å². The zero-order chi connectivity index (χ0) is 13.5. The third kappa shape index (κ3) is 1.89. The molecule has 0 saturated heterocycles. The van der Waals surface area contributed by atoms with Gasteiger partial charge in [-0.1, -0.05) is 47.6 Å². The van der Waals surface area contributed by atoms with Crippen molar-refractivity contribution in [2.45, 2.75) is 18.9 Å². The first kappa shape index (κ1) is 11.6. The van der Waals surface area contributed by atoms with Gasteiger partial charge in [0.2, 0.25) is 11.7 Å². The molecule has 1 heterocycles. The molecule has 4 heteroatoms. The SMILES string of the molecule is NC(c1nc(-c2cccc3ccccc23)no1)C1CC1. The molecule has 1 unspecified atom stereocenters. The minimum Gasteiger partial charge on any atom is -0.337 e. The summed E-state index contributed by atoms with van der Waals surface area (Å²) in [4.78, 5) is 4.49. The summed E-state index contributed by atoms with van der Waals surface area (Å²) >= 11 is 0. The predicted octanol–water partition coefficient (Wildman–Crippen LogP) is 3.30. The van der Waals surface area contributed by atoms with Crippen molar-refractivity contribution in [3.63, 3.8) is 0 Å². The van der Waals surface area contributed by atoms with Gasteiger partial charge in [0.25, 0.3) is 0 Å². The standard InChI is InChI=1S/C16H15N3O/c17-14(11-8-9-11)16-18-15(19-20-16)13-7-3-5-10-4-1-2-6-12(10)13/h1-7,11,14H,8-9,17H2. The molecule has 0 radical (unpaired) electrons. The van der Waals surface area contributed by atoms with Crippen molar-refractivity contribution in [3.8, 4) is 11.4 Å². The van der Waals surface area contributed by atoms with Crippen molar-refractivity contribution in [1.29, 1.82) is 0 Å². The van der Waals surface area contributed by atoms with Crippen LogP contribution in [-0.4, -0.2) is 10.1 Å². The molecule has 100 valence electrons. The summed E-state index contributed by atoms with van der Waals surface area (Å²) in [6, 6.07) is 14.2. The smallest absolute Gasteiger partial charge is 0.244 e. The summed E-state index contributed by atoms with van der Waals surface area (Å²) in [5, 5.41) is 6.40. The fourth-order valence-corrected chi connectivity index (χ4v) is 2.56. The van der Waals surface area contributed by atoms with E-state index in [9.17, 15) is 0 Å². The molecule has 0 bridgehead atoms. The molecule has 2 N–H and O–H groups in total. The van der Waals surface area contributed by atoms with Crippen LogP contribution in [0.2, 0.25) is 0 Å². The fraction of sp³-hybridized carbons (Fsp3) is 0.250. The maximum atomic E-state index is 6.11. The molecular weight excluding hydrogens is 250 g/mol. The van der Waals surface area contributed by atoms with Crippen LogP contribution >= 0.6 is 0 Å². The minimum atomic E-state index is -0.119. The highest BCUT2D eigenvalue weighted by atomic mass is 16.5. The lowest BCUT2D eigenvalue weighted by Crippen LogP contribution is -2.12. The Balaban J connectivity index is 1.79. The van der Waals surface area contributed by atoms with E-state index in [1.807, 2.05) is 24.3 Å². The lowest BCUT2D eigenvalue weighted by atomic mass is 10.0. The second-order valence-electron chi connectivity index (χ2n) is 5.35. The highest BCUT2D eigenvalue weighted by Gasteiger charge is 2.33. The van der Waals surface area contributed by atoms with E-state index in [1.165, 1.54) is 5.39 Å². The van der Waals surface area contributed by atoms with Crippen molar-refractivity contribution in [2.24, 2.45) is 11.7 Å². The van der Waals surface area contributed by atoms with Gasteiger partial charge in [-0.3, -0.25) is 0 Å². The van der Waals surface area contributed by atoms with Gasteiger partial charge in [-0.2, -0.15) is 4.98 Å². The van der Waals surface area contributed by atoms with Gasteiger partial charge in [0, 0.05) is 5.56 Å². The maximum absolute atomic E-state index is 6.11. The van der Waals surface area contributed by atoms with E-state index in [0.717, 1.165) is 23.8 Å². The Labute approximate surface area is 116 Å². The molecule has 1 saturated carbocycles. The van der Waals surface area contributed by atoms with Crippen LogP contribution in [0.3, 0.4) is 0 Å². The quantitative estimate of drug-likeness (QED) is 0.789. The average Bonchev–Trinajstić information content (AvgIpc) is 3.23. The number of benzene rings is 2. The number of hydrogen-bond acceptors (Lipinski definition) is 4. The van der Waals surface area contributed by atoms with Gasteiger partial charge in [-0.15, -0.1) is 0 Å². The summed E-state index contributed by atoms with van der Waals surface area (Å²) in [5.74, 6) is 1.68. The zero-order valence-electron chi connectivity index (χ0n) is 11.0. The Morgan fingerprint density at radius 3 is 2.75 bits per heavy atom. The van der Waals surface area contributed by atoms with Crippen molar-refractivity contribution in [1.82, 2.24) is 10.1 Å².